The summed E-state index contributed by atoms with van der Waals surface area (Å²) >= 11 is 5.84. The first-order valence-electron chi connectivity index (χ1n) is 6.17. The number of furan rings is 1. The summed E-state index contributed by atoms with van der Waals surface area (Å²) in [6.45, 7) is 3.62. The van der Waals surface area contributed by atoms with E-state index in [1.54, 1.807) is 12.3 Å². The van der Waals surface area contributed by atoms with Gasteiger partial charge in [0.15, 0.2) is 0 Å². The number of hydrogen-bond donors (Lipinski definition) is 0. The first-order valence-corrected chi connectivity index (χ1v) is 6.71. The van der Waals surface area contributed by atoms with Crippen LogP contribution in [0.15, 0.2) is 16.7 Å². The highest BCUT2D eigenvalue weighted by Gasteiger charge is 2.25. The van der Waals surface area contributed by atoms with Crippen LogP contribution in [0.1, 0.15) is 35.9 Å². The third-order valence-corrected chi connectivity index (χ3v) is 3.85. The Labute approximate surface area is 107 Å². The van der Waals surface area contributed by atoms with Gasteiger partial charge in [0.2, 0.25) is 0 Å². The van der Waals surface area contributed by atoms with E-state index in [2.05, 4.69) is 0 Å². The number of likely N-dealkylation sites (tertiary alicyclic amines) is 1. The molecule has 17 heavy (non-hydrogen) atoms. The Bertz CT molecular complexity index is 381. The Morgan fingerprint density at radius 2 is 2.24 bits per heavy atom. The summed E-state index contributed by atoms with van der Waals surface area (Å²) in [6, 6.07) is 1.77. The van der Waals surface area contributed by atoms with E-state index in [0.717, 1.165) is 43.7 Å². The Morgan fingerprint density at radius 3 is 2.82 bits per heavy atom. The number of nitrogens with zero attached hydrogens (tertiary/aromatic N) is 1. The van der Waals surface area contributed by atoms with Crippen molar-refractivity contribution in [3.8, 4) is 0 Å². The van der Waals surface area contributed by atoms with Crippen molar-refractivity contribution < 1.29 is 9.21 Å². The van der Waals surface area contributed by atoms with Crippen molar-refractivity contribution in [3.63, 3.8) is 0 Å². The van der Waals surface area contributed by atoms with Crippen LogP contribution < -0.4 is 0 Å². The lowest BCUT2D eigenvalue weighted by molar-refractivity contribution is 0.0696. The zero-order valence-electron chi connectivity index (χ0n) is 10.1. The van der Waals surface area contributed by atoms with Crippen LogP contribution in [0, 0.1) is 5.92 Å². The molecule has 0 atom stereocenters. The molecule has 3 nitrogen and oxygen atoms in total. The smallest absolute Gasteiger partial charge is 0.257 e. The highest BCUT2D eigenvalue weighted by Crippen LogP contribution is 2.21. The molecule has 0 unspecified atom stereocenters. The van der Waals surface area contributed by atoms with E-state index in [1.807, 2.05) is 11.8 Å². The molecule has 4 heteroatoms. The number of carbonyl (C=O) groups excluding carboxylic acids is 1. The van der Waals surface area contributed by atoms with Crippen molar-refractivity contribution in [2.75, 3.05) is 19.0 Å². The molecule has 1 aromatic rings. The molecule has 0 aromatic carbocycles. The molecule has 1 amide bonds. The first kappa shape index (κ1) is 12.5. The first-order chi connectivity index (χ1) is 8.26. The quantitative estimate of drug-likeness (QED) is 0.778. The van der Waals surface area contributed by atoms with Gasteiger partial charge >= 0.3 is 0 Å². The average molecular weight is 256 g/mol. The number of halogens is 1. The van der Waals surface area contributed by atoms with Crippen molar-refractivity contribution in [1.82, 2.24) is 4.90 Å². The normalized spacial score (nSPS) is 17.4. The van der Waals surface area contributed by atoms with Gasteiger partial charge in [0.1, 0.15) is 5.76 Å². The number of aryl methyl sites for hydroxylation is 1. The van der Waals surface area contributed by atoms with Crippen molar-refractivity contribution in [2.45, 2.75) is 26.2 Å². The second-order valence-corrected chi connectivity index (χ2v) is 4.81. The molecule has 2 rings (SSSR count). The van der Waals surface area contributed by atoms with Gasteiger partial charge in [0.25, 0.3) is 5.91 Å². The standard InChI is InChI=1S/C13H18ClNO2/c1-2-12-11(5-8-17-12)13(16)15-6-3-10(9-14)4-7-15/h5,8,10H,2-4,6-7,9H2,1H3. The summed E-state index contributed by atoms with van der Waals surface area (Å²) in [4.78, 5) is 14.2. The predicted molar refractivity (Wildman–Crippen MR) is 67.4 cm³/mol. The number of rotatable bonds is 3. The van der Waals surface area contributed by atoms with Gasteiger partial charge in [-0.2, -0.15) is 0 Å². The van der Waals surface area contributed by atoms with Crippen molar-refractivity contribution in [3.05, 3.63) is 23.7 Å². The molecule has 1 aliphatic heterocycles. The van der Waals surface area contributed by atoms with E-state index < -0.39 is 0 Å². The topological polar surface area (TPSA) is 33.5 Å². The Morgan fingerprint density at radius 1 is 1.53 bits per heavy atom. The maximum atomic E-state index is 12.3. The van der Waals surface area contributed by atoms with Crippen LogP contribution in [0.25, 0.3) is 0 Å². The number of alkyl halides is 1. The van der Waals surface area contributed by atoms with Crippen LogP contribution in [0.2, 0.25) is 0 Å². The summed E-state index contributed by atoms with van der Waals surface area (Å²) in [7, 11) is 0. The van der Waals surface area contributed by atoms with Gasteiger partial charge in [0, 0.05) is 25.4 Å². The van der Waals surface area contributed by atoms with E-state index in [9.17, 15) is 4.79 Å². The lowest BCUT2D eigenvalue weighted by Gasteiger charge is -2.31. The second-order valence-electron chi connectivity index (χ2n) is 4.50. The van der Waals surface area contributed by atoms with Gasteiger partial charge < -0.3 is 9.32 Å². The Balaban J connectivity index is 2.02. The minimum absolute atomic E-state index is 0.101. The number of piperidine rings is 1. The van der Waals surface area contributed by atoms with Crippen LogP contribution in [0.3, 0.4) is 0 Å². The maximum absolute atomic E-state index is 12.3. The Hall–Kier alpha value is -0.960. The van der Waals surface area contributed by atoms with E-state index in [-0.39, 0.29) is 5.91 Å². The third kappa shape index (κ3) is 2.65. The SMILES string of the molecule is CCc1occc1C(=O)N1CCC(CCl)CC1. The highest BCUT2D eigenvalue weighted by molar-refractivity contribution is 6.18. The second kappa shape index (κ2) is 5.58. The number of carbonyl (C=O) groups is 1. The summed E-state index contributed by atoms with van der Waals surface area (Å²) < 4.78 is 5.30. The summed E-state index contributed by atoms with van der Waals surface area (Å²) in [5.41, 5.74) is 0.719. The zero-order chi connectivity index (χ0) is 12.3. The third-order valence-electron chi connectivity index (χ3n) is 3.42. The van der Waals surface area contributed by atoms with Gasteiger partial charge in [-0.1, -0.05) is 6.92 Å². The Kier molecular flexibility index (Phi) is 4.11. The molecule has 94 valence electrons. The van der Waals surface area contributed by atoms with Gasteiger partial charge in [0.05, 0.1) is 11.8 Å². The molecule has 0 bridgehead atoms. The molecule has 2 heterocycles. The molecule has 1 saturated heterocycles. The van der Waals surface area contributed by atoms with Crippen LogP contribution >= 0.6 is 11.6 Å². The van der Waals surface area contributed by atoms with Crippen molar-refractivity contribution in [1.29, 1.82) is 0 Å². The fraction of sp³-hybridized carbons (Fsp3) is 0.615. The summed E-state index contributed by atoms with van der Waals surface area (Å²) in [6.07, 6.45) is 4.37. The van der Waals surface area contributed by atoms with E-state index >= 15 is 0 Å². The molecule has 1 fully saturated rings. The number of hydrogen-bond acceptors (Lipinski definition) is 2. The van der Waals surface area contributed by atoms with Crippen LogP contribution in [0.5, 0.6) is 0 Å². The minimum atomic E-state index is 0.101. The van der Waals surface area contributed by atoms with Gasteiger partial charge in [-0.05, 0) is 24.8 Å². The summed E-state index contributed by atoms with van der Waals surface area (Å²) in [5, 5.41) is 0. The minimum Gasteiger partial charge on any atom is -0.469 e. The predicted octanol–water partition coefficient (Wildman–Crippen LogP) is 2.93. The largest absolute Gasteiger partial charge is 0.469 e. The molecular formula is C13H18ClNO2. The summed E-state index contributed by atoms with van der Waals surface area (Å²) in [5.74, 6) is 2.15. The van der Waals surface area contributed by atoms with Gasteiger partial charge in [-0.3, -0.25) is 4.79 Å². The van der Waals surface area contributed by atoms with E-state index in [4.69, 9.17) is 16.0 Å². The molecule has 0 aliphatic carbocycles. The average Bonchev–Trinajstić information content (AvgIpc) is 2.86. The zero-order valence-corrected chi connectivity index (χ0v) is 10.9. The van der Waals surface area contributed by atoms with Crippen LogP contribution in [-0.2, 0) is 6.42 Å². The van der Waals surface area contributed by atoms with Gasteiger partial charge in [-0.25, -0.2) is 0 Å². The van der Waals surface area contributed by atoms with E-state index in [1.165, 1.54) is 0 Å². The lowest BCUT2D eigenvalue weighted by Crippen LogP contribution is -2.39. The lowest BCUT2D eigenvalue weighted by atomic mass is 9.98. The van der Waals surface area contributed by atoms with E-state index in [0.29, 0.717) is 11.8 Å². The highest BCUT2D eigenvalue weighted by atomic mass is 35.5. The van der Waals surface area contributed by atoms with Gasteiger partial charge in [-0.15, -0.1) is 11.6 Å². The molecule has 0 spiro atoms. The van der Waals surface area contributed by atoms with Crippen LogP contribution in [-0.4, -0.2) is 29.8 Å². The maximum Gasteiger partial charge on any atom is 0.257 e. The van der Waals surface area contributed by atoms with Crippen molar-refractivity contribution in [2.24, 2.45) is 5.92 Å². The monoisotopic (exact) mass is 255 g/mol. The molecule has 0 N–H and O–H groups in total. The number of amides is 1. The molecule has 0 radical (unpaired) electrons. The fourth-order valence-electron chi connectivity index (χ4n) is 2.27. The molecular weight excluding hydrogens is 238 g/mol. The molecule has 0 saturated carbocycles. The van der Waals surface area contributed by atoms with Crippen LogP contribution in [0.4, 0.5) is 0 Å². The fourth-order valence-corrected chi connectivity index (χ4v) is 2.57. The molecule has 1 aliphatic rings. The van der Waals surface area contributed by atoms with Crippen molar-refractivity contribution >= 4 is 17.5 Å². The molecule has 1 aromatic heterocycles.